The third kappa shape index (κ3) is 0.709. The van der Waals surface area contributed by atoms with Gasteiger partial charge in [-0.25, -0.2) is 8.78 Å². The van der Waals surface area contributed by atoms with Crippen LogP contribution >= 0.6 is 0 Å². The molecule has 0 amide bonds. The first-order valence-electron chi connectivity index (χ1n) is 2.43. The normalized spacial score (nSPS) is 42.3. The Morgan fingerprint density at radius 2 is 1.27 bits per heavy atom. The van der Waals surface area contributed by atoms with Crippen LogP contribution in [-0.2, 0) is 0 Å². The van der Waals surface area contributed by atoms with E-state index in [4.69, 9.17) is 0 Å². The summed E-state index contributed by atoms with van der Waals surface area (Å²) in [6.45, 7) is 0. The van der Waals surface area contributed by atoms with Gasteiger partial charge in [-0.2, -0.15) is 22.0 Å². The summed E-state index contributed by atoms with van der Waals surface area (Å²) in [6, 6.07) is 0. The predicted molar refractivity (Wildman–Crippen MR) is 19.7 cm³/mol. The molecule has 0 aromatic rings. The van der Waals surface area contributed by atoms with Crippen LogP contribution in [0.1, 0.15) is 0 Å². The molecule has 1 aliphatic rings. The summed E-state index contributed by atoms with van der Waals surface area (Å²) >= 11 is 0. The molecule has 66 valence electrons. The van der Waals surface area contributed by atoms with Crippen molar-refractivity contribution in [2.24, 2.45) is 0 Å². The van der Waals surface area contributed by atoms with E-state index in [9.17, 15) is 30.7 Å². The highest BCUT2D eigenvalue weighted by Gasteiger charge is 2.95. The quantitative estimate of drug-likeness (QED) is 0.504. The van der Waals surface area contributed by atoms with Crippen molar-refractivity contribution in [1.29, 1.82) is 0 Å². The minimum absolute atomic E-state index is 3.75. The van der Waals surface area contributed by atoms with Gasteiger partial charge in [0.15, 0.2) is 0 Å². The van der Waals surface area contributed by atoms with Gasteiger partial charge in [0.1, 0.15) is 0 Å². The molecule has 2 unspecified atom stereocenters. The van der Waals surface area contributed by atoms with Crippen LogP contribution in [-0.4, -0.2) is 23.9 Å². The summed E-state index contributed by atoms with van der Waals surface area (Å²) in [5, 5.41) is 0. The van der Waals surface area contributed by atoms with E-state index in [-0.39, 0.29) is 0 Å². The molecule has 1 rings (SSSR count). The Labute approximate surface area is 56.0 Å². The van der Waals surface area contributed by atoms with Crippen molar-refractivity contribution >= 4 is 0 Å². The second-order valence-electron chi connectivity index (χ2n) is 2.20. The maximum atomic E-state index is 11.9. The maximum Gasteiger partial charge on any atom is 0.431 e. The van der Waals surface area contributed by atoms with Crippen molar-refractivity contribution in [1.82, 2.24) is 0 Å². The molecule has 0 aromatic carbocycles. The molecule has 0 heterocycles. The Kier molecular flexibility index (Phi) is 1.28. The van der Waals surface area contributed by atoms with Crippen LogP contribution in [0.15, 0.2) is 0 Å². The van der Waals surface area contributed by atoms with Gasteiger partial charge in [-0.05, 0) is 0 Å². The largest absolute Gasteiger partial charge is 0.431 e. The second kappa shape index (κ2) is 1.64. The summed E-state index contributed by atoms with van der Waals surface area (Å²) in [4.78, 5) is 0. The minimum atomic E-state index is -5.84. The van der Waals surface area contributed by atoms with E-state index in [1.54, 1.807) is 0 Å². The van der Waals surface area contributed by atoms with Gasteiger partial charge >= 0.3 is 17.8 Å². The van der Waals surface area contributed by atoms with Gasteiger partial charge in [0, 0.05) is 0 Å². The van der Waals surface area contributed by atoms with Crippen LogP contribution in [0.5, 0.6) is 0 Å². The average molecular weight is 182 g/mol. The fourth-order valence-electron chi connectivity index (χ4n) is 0.667. The monoisotopic (exact) mass is 182 g/mol. The summed E-state index contributed by atoms with van der Waals surface area (Å²) in [7, 11) is 0. The van der Waals surface area contributed by atoms with Gasteiger partial charge in [-0.3, -0.25) is 0 Å². The van der Waals surface area contributed by atoms with Crippen LogP contribution in [0, 0.1) is 0 Å². The van der Waals surface area contributed by atoms with Crippen LogP contribution in [0.25, 0.3) is 0 Å². The lowest BCUT2D eigenvalue weighted by Gasteiger charge is -2.08. The molecule has 1 aliphatic carbocycles. The number of halogens is 7. The lowest BCUT2D eigenvalue weighted by atomic mass is 10.3. The van der Waals surface area contributed by atoms with E-state index in [2.05, 4.69) is 0 Å². The molecule has 0 saturated heterocycles. The van der Waals surface area contributed by atoms with Gasteiger partial charge in [0.2, 0.25) is 6.17 Å². The first kappa shape index (κ1) is 8.61. The van der Waals surface area contributed by atoms with Crippen LogP contribution < -0.4 is 0 Å². The molecule has 0 nitrogen and oxygen atoms in total. The summed E-state index contributed by atoms with van der Waals surface area (Å²) in [6.07, 6.45) is -9.59. The molecule has 1 saturated carbocycles. The van der Waals surface area contributed by atoms with Gasteiger partial charge in [0.05, 0.1) is 0 Å². The zero-order chi connectivity index (χ0) is 9.08. The molecule has 7 heteroatoms. The second-order valence-corrected chi connectivity index (χ2v) is 2.20. The molecular formula is C4HF7. The molecular weight excluding hydrogens is 181 g/mol. The van der Waals surface area contributed by atoms with E-state index in [1.165, 1.54) is 0 Å². The van der Waals surface area contributed by atoms with Crippen LogP contribution in [0.4, 0.5) is 30.7 Å². The number of hydrogen-bond donors (Lipinski definition) is 0. The lowest BCUT2D eigenvalue weighted by molar-refractivity contribution is -0.219. The Hall–Kier alpha value is -0.490. The molecule has 0 aromatic heterocycles. The lowest BCUT2D eigenvalue weighted by Crippen LogP contribution is -2.33. The SMILES string of the molecule is FC1C(F)(F)C1(F)C(F)(F)F. The van der Waals surface area contributed by atoms with E-state index in [0.717, 1.165) is 0 Å². The molecule has 0 bridgehead atoms. The van der Waals surface area contributed by atoms with Crippen molar-refractivity contribution in [2.75, 3.05) is 0 Å². The molecule has 0 radical (unpaired) electrons. The van der Waals surface area contributed by atoms with Crippen molar-refractivity contribution in [3.63, 3.8) is 0 Å². The Morgan fingerprint density at radius 3 is 1.27 bits per heavy atom. The van der Waals surface area contributed by atoms with E-state index < -0.39 is 23.9 Å². The van der Waals surface area contributed by atoms with E-state index in [0.29, 0.717) is 0 Å². The average Bonchev–Trinajstić information content (AvgIpc) is 2.14. The van der Waals surface area contributed by atoms with Gasteiger partial charge in [-0.1, -0.05) is 0 Å². The third-order valence-corrected chi connectivity index (χ3v) is 1.48. The Bertz CT molecular complexity index is 169. The van der Waals surface area contributed by atoms with Gasteiger partial charge in [-0.15, -0.1) is 0 Å². The fourth-order valence-corrected chi connectivity index (χ4v) is 0.667. The van der Waals surface area contributed by atoms with Gasteiger partial charge < -0.3 is 0 Å². The van der Waals surface area contributed by atoms with E-state index in [1.807, 2.05) is 0 Å². The van der Waals surface area contributed by atoms with Crippen molar-refractivity contribution in [3.8, 4) is 0 Å². The first-order chi connectivity index (χ1) is 4.65. The third-order valence-electron chi connectivity index (χ3n) is 1.48. The van der Waals surface area contributed by atoms with Crippen molar-refractivity contribution in [3.05, 3.63) is 0 Å². The smallest absolute Gasteiger partial charge is 0.236 e. The minimum Gasteiger partial charge on any atom is -0.236 e. The van der Waals surface area contributed by atoms with Crippen molar-refractivity contribution in [2.45, 2.75) is 23.9 Å². The molecule has 2 atom stereocenters. The number of hydrogen-bond acceptors (Lipinski definition) is 0. The summed E-state index contributed by atoms with van der Waals surface area (Å²) in [5.74, 6) is -4.91. The van der Waals surface area contributed by atoms with Crippen LogP contribution in [0.3, 0.4) is 0 Å². The highest BCUT2D eigenvalue weighted by atomic mass is 19.4. The zero-order valence-corrected chi connectivity index (χ0v) is 4.72. The fraction of sp³-hybridized carbons (Fsp3) is 1.00. The van der Waals surface area contributed by atoms with Gasteiger partial charge in [0.25, 0.3) is 0 Å². The molecule has 0 N–H and O–H groups in total. The maximum absolute atomic E-state index is 11.9. The van der Waals surface area contributed by atoms with Crippen molar-refractivity contribution < 1.29 is 30.7 Å². The molecule has 0 spiro atoms. The predicted octanol–water partition coefficient (Wildman–Crippen LogP) is 2.24. The Balaban J connectivity index is 2.92. The molecule has 0 aliphatic heterocycles. The zero-order valence-electron chi connectivity index (χ0n) is 4.72. The van der Waals surface area contributed by atoms with Crippen LogP contribution in [0.2, 0.25) is 0 Å². The highest BCUT2D eigenvalue weighted by Crippen LogP contribution is 2.65. The van der Waals surface area contributed by atoms with E-state index >= 15 is 0 Å². The summed E-state index contributed by atoms with van der Waals surface area (Å²) < 4.78 is 80.5. The number of alkyl halides is 7. The Morgan fingerprint density at radius 1 is 1.00 bits per heavy atom. The molecule has 1 fully saturated rings. The number of rotatable bonds is 0. The highest BCUT2D eigenvalue weighted by molar-refractivity contribution is 5.26. The standard InChI is InChI=1S/C4HF7/c5-1-2(6,3(1,7)8)4(9,10)11/h1H. The summed E-state index contributed by atoms with van der Waals surface area (Å²) in [5.41, 5.74) is -4.96. The molecule has 11 heavy (non-hydrogen) atoms. The first-order valence-corrected chi connectivity index (χ1v) is 2.43. The topological polar surface area (TPSA) is 0 Å².